The number of aliphatic imine (C=N–C) groups is 1. The molecule has 1 aliphatic heterocycles. The molecule has 0 saturated carbocycles. The number of hydrogen-bond donors (Lipinski definition) is 3. The fraction of sp³-hybridized carbons (Fsp3) is 0.652. The lowest BCUT2D eigenvalue weighted by atomic mass is 10.0. The lowest BCUT2D eigenvalue weighted by molar-refractivity contribution is 0.0953. The number of unbranched alkanes of at least 4 members (excludes halogenated alkanes) is 1. The number of carbonyl (C=O) groups excluding carboxylic acids is 1. The summed E-state index contributed by atoms with van der Waals surface area (Å²) in [4.78, 5) is 19.0. The molecule has 170 valence electrons. The summed E-state index contributed by atoms with van der Waals surface area (Å²) in [6.07, 6.45) is 7.24. The second-order valence-corrected chi connectivity index (χ2v) is 7.89. The van der Waals surface area contributed by atoms with Crippen molar-refractivity contribution in [2.24, 2.45) is 4.99 Å². The van der Waals surface area contributed by atoms with Gasteiger partial charge >= 0.3 is 0 Å². The second kappa shape index (κ2) is 15.5. The summed E-state index contributed by atoms with van der Waals surface area (Å²) in [7, 11) is 1.80. The lowest BCUT2D eigenvalue weighted by Gasteiger charge is -2.33. The average molecular weight is 530 g/mol. The van der Waals surface area contributed by atoms with E-state index in [0.29, 0.717) is 12.1 Å². The maximum absolute atomic E-state index is 12.1. The van der Waals surface area contributed by atoms with E-state index in [9.17, 15) is 4.79 Å². The van der Waals surface area contributed by atoms with Crippen molar-refractivity contribution in [2.45, 2.75) is 65.0 Å². The van der Waals surface area contributed by atoms with Crippen molar-refractivity contribution in [3.05, 3.63) is 35.4 Å². The number of piperidine rings is 1. The zero-order valence-electron chi connectivity index (χ0n) is 18.9. The van der Waals surface area contributed by atoms with Crippen LogP contribution in [0.1, 0.15) is 68.3 Å². The van der Waals surface area contributed by atoms with Gasteiger partial charge in [0.15, 0.2) is 5.96 Å². The van der Waals surface area contributed by atoms with Gasteiger partial charge in [0.1, 0.15) is 0 Å². The van der Waals surface area contributed by atoms with Gasteiger partial charge in [-0.2, -0.15) is 0 Å². The van der Waals surface area contributed by atoms with Gasteiger partial charge in [0.05, 0.1) is 0 Å². The second-order valence-electron chi connectivity index (χ2n) is 7.89. The molecule has 30 heavy (non-hydrogen) atoms. The maximum Gasteiger partial charge on any atom is 0.251 e. The molecule has 1 unspecified atom stereocenters. The molecule has 1 fully saturated rings. The Bertz CT molecular complexity index is 635. The molecule has 0 aromatic heterocycles. The molecular formula is C23H40IN5O. The van der Waals surface area contributed by atoms with Crippen LogP contribution in [-0.2, 0) is 6.54 Å². The number of guanidine groups is 1. The monoisotopic (exact) mass is 529 g/mol. The standard InChI is InChI=1S/C23H39N5O.HI/c1-4-5-14-25-22(29)21-12-10-20(11-13-21)18-27-23(24-3)26-15-8-17-28-16-7-6-9-19(28)2;/h10-13,19H,4-9,14-18H2,1-3H3,(H,25,29)(H2,24,26,27);1H. The van der Waals surface area contributed by atoms with Crippen LogP contribution in [0.3, 0.4) is 0 Å². The van der Waals surface area contributed by atoms with Crippen LogP contribution >= 0.6 is 24.0 Å². The number of amides is 1. The summed E-state index contributed by atoms with van der Waals surface area (Å²) < 4.78 is 0. The topological polar surface area (TPSA) is 68.8 Å². The van der Waals surface area contributed by atoms with Crippen molar-refractivity contribution in [1.29, 1.82) is 0 Å². The molecule has 3 N–H and O–H groups in total. The van der Waals surface area contributed by atoms with Gasteiger partial charge < -0.3 is 20.9 Å². The highest BCUT2D eigenvalue weighted by Crippen LogP contribution is 2.16. The summed E-state index contributed by atoms with van der Waals surface area (Å²) in [5.41, 5.74) is 1.83. The largest absolute Gasteiger partial charge is 0.356 e. The van der Waals surface area contributed by atoms with Crippen LogP contribution in [-0.4, -0.2) is 56.0 Å². The first-order chi connectivity index (χ1) is 14.1. The van der Waals surface area contributed by atoms with E-state index in [-0.39, 0.29) is 29.9 Å². The van der Waals surface area contributed by atoms with Crippen molar-refractivity contribution in [3.8, 4) is 0 Å². The summed E-state index contributed by atoms with van der Waals surface area (Å²) in [6.45, 7) is 9.17. The average Bonchev–Trinajstić information content (AvgIpc) is 2.75. The number of halogens is 1. The normalized spacial score (nSPS) is 17.2. The number of hydrogen-bond acceptors (Lipinski definition) is 3. The molecule has 1 aromatic carbocycles. The molecule has 2 rings (SSSR count). The van der Waals surface area contributed by atoms with Gasteiger partial charge in [-0.3, -0.25) is 9.79 Å². The Kier molecular flexibility index (Phi) is 13.7. The van der Waals surface area contributed by atoms with Crippen LogP contribution in [0.4, 0.5) is 0 Å². The summed E-state index contributed by atoms with van der Waals surface area (Å²) in [5.74, 6) is 0.816. The first-order valence-corrected chi connectivity index (χ1v) is 11.2. The Hall–Kier alpha value is -1.35. The quantitative estimate of drug-likeness (QED) is 0.187. The van der Waals surface area contributed by atoms with Crippen molar-refractivity contribution in [1.82, 2.24) is 20.9 Å². The van der Waals surface area contributed by atoms with Crippen molar-refractivity contribution < 1.29 is 4.79 Å². The third kappa shape index (κ3) is 9.64. The van der Waals surface area contributed by atoms with Crippen LogP contribution in [0.2, 0.25) is 0 Å². The van der Waals surface area contributed by atoms with Gasteiger partial charge in [-0.25, -0.2) is 0 Å². The zero-order chi connectivity index (χ0) is 20.9. The number of carbonyl (C=O) groups is 1. The molecule has 1 heterocycles. The highest BCUT2D eigenvalue weighted by Gasteiger charge is 2.17. The van der Waals surface area contributed by atoms with E-state index < -0.39 is 0 Å². The molecule has 6 nitrogen and oxygen atoms in total. The summed E-state index contributed by atoms with van der Waals surface area (Å²) in [6, 6.07) is 8.47. The molecule has 1 aromatic rings. The highest BCUT2D eigenvalue weighted by molar-refractivity contribution is 14.0. The summed E-state index contributed by atoms with van der Waals surface area (Å²) >= 11 is 0. The molecule has 0 spiro atoms. The fourth-order valence-corrected chi connectivity index (χ4v) is 3.64. The smallest absolute Gasteiger partial charge is 0.251 e. The van der Waals surface area contributed by atoms with E-state index in [4.69, 9.17) is 0 Å². The third-order valence-corrected chi connectivity index (χ3v) is 5.57. The van der Waals surface area contributed by atoms with Gasteiger partial charge in [0, 0.05) is 44.8 Å². The Balaban J connectivity index is 0.00000450. The van der Waals surface area contributed by atoms with E-state index in [2.05, 4.69) is 39.7 Å². The van der Waals surface area contributed by atoms with Gasteiger partial charge in [0.25, 0.3) is 5.91 Å². The predicted octanol–water partition coefficient (Wildman–Crippen LogP) is 3.76. The molecule has 0 aliphatic carbocycles. The minimum atomic E-state index is -0.00143. The van der Waals surface area contributed by atoms with Gasteiger partial charge in [-0.15, -0.1) is 24.0 Å². The number of likely N-dealkylation sites (tertiary alicyclic amines) is 1. The lowest BCUT2D eigenvalue weighted by Crippen LogP contribution is -2.41. The van der Waals surface area contributed by atoms with Gasteiger partial charge in [-0.1, -0.05) is 31.9 Å². The minimum absolute atomic E-state index is 0. The zero-order valence-corrected chi connectivity index (χ0v) is 21.2. The van der Waals surface area contributed by atoms with E-state index >= 15 is 0 Å². The molecule has 1 aliphatic rings. The Morgan fingerprint density at radius 2 is 1.83 bits per heavy atom. The van der Waals surface area contributed by atoms with E-state index in [1.807, 2.05) is 24.3 Å². The van der Waals surface area contributed by atoms with Crippen LogP contribution in [0.15, 0.2) is 29.3 Å². The van der Waals surface area contributed by atoms with Crippen LogP contribution in [0, 0.1) is 0 Å². The predicted molar refractivity (Wildman–Crippen MR) is 137 cm³/mol. The first kappa shape index (κ1) is 26.7. The minimum Gasteiger partial charge on any atom is -0.356 e. The Labute approximate surface area is 199 Å². The maximum atomic E-state index is 12.1. The van der Waals surface area contributed by atoms with Crippen LogP contribution in [0.25, 0.3) is 0 Å². The van der Waals surface area contributed by atoms with Crippen LogP contribution < -0.4 is 16.0 Å². The van der Waals surface area contributed by atoms with Gasteiger partial charge in [0.2, 0.25) is 0 Å². The number of benzene rings is 1. The molecule has 1 atom stereocenters. The molecule has 1 saturated heterocycles. The molecule has 7 heteroatoms. The molecule has 0 bridgehead atoms. The fourth-order valence-electron chi connectivity index (χ4n) is 3.64. The first-order valence-electron chi connectivity index (χ1n) is 11.2. The number of nitrogens with one attached hydrogen (secondary N) is 3. The Morgan fingerprint density at radius 3 is 2.50 bits per heavy atom. The van der Waals surface area contributed by atoms with Crippen molar-refractivity contribution in [3.63, 3.8) is 0 Å². The van der Waals surface area contributed by atoms with E-state index in [0.717, 1.165) is 56.5 Å². The van der Waals surface area contributed by atoms with E-state index in [1.54, 1.807) is 7.05 Å². The third-order valence-electron chi connectivity index (χ3n) is 5.57. The van der Waals surface area contributed by atoms with Crippen LogP contribution in [0.5, 0.6) is 0 Å². The number of rotatable bonds is 10. The summed E-state index contributed by atoms with van der Waals surface area (Å²) in [5, 5.41) is 9.70. The van der Waals surface area contributed by atoms with Gasteiger partial charge in [-0.05, 0) is 56.8 Å². The van der Waals surface area contributed by atoms with Crippen molar-refractivity contribution in [2.75, 3.05) is 33.2 Å². The highest BCUT2D eigenvalue weighted by atomic mass is 127. The molecule has 0 radical (unpaired) electrons. The molecular weight excluding hydrogens is 489 g/mol. The van der Waals surface area contributed by atoms with E-state index in [1.165, 1.54) is 25.8 Å². The SMILES string of the molecule is CCCCNC(=O)c1ccc(CNC(=NC)NCCCN2CCCCC2C)cc1.I. The molecule has 1 amide bonds. The van der Waals surface area contributed by atoms with Crippen molar-refractivity contribution >= 4 is 35.8 Å². The number of nitrogens with zero attached hydrogens (tertiary/aromatic N) is 2. The Morgan fingerprint density at radius 1 is 1.10 bits per heavy atom.